The number of rotatable bonds is 6. The van der Waals surface area contributed by atoms with Gasteiger partial charge < -0.3 is 10.2 Å². The number of hydrogen-bond acceptors (Lipinski definition) is 3. The van der Waals surface area contributed by atoms with Crippen molar-refractivity contribution in [2.75, 3.05) is 18.4 Å². The van der Waals surface area contributed by atoms with Crippen molar-refractivity contribution >= 4 is 29.1 Å². The van der Waals surface area contributed by atoms with Gasteiger partial charge in [0.25, 0.3) is 5.91 Å². The summed E-state index contributed by atoms with van der Waals surface area (Å²) in [6.45, 7) is 11.0. The van der Waals surface area contributed by atoms with Gasteiger partial charge >= 0.3 is 0 Å². The Hall–Kier alpha value is -2.34. The number of hydrogen-bond donors (Lipinski definition) is 1. The van der Waals surface area contributed by atoms with Gasteiger partial charge in [-0.25, -0.2) is 0 Å². The summed E-state index contributed by atoms with van der Waals surface area (Å²) in [5.41, 5.74) is 3.85. The molecule has 2 aromatic rings. The second kappa shape index (κ2) is 8.36. The number of nitrogens with one attached hydrogen (secondary N) is 1. The van der Waals surface area contributed by atoms with Crippen molar-refractivity contribution in [2.45, 2.75) is 41.2 Å². The van der Waals surface area contributed by atoms with Gasteiger partial charge in [-0.3, -0.25) is 14.3 Å². The highest BCUT2D eigenvalue weighted by Crippen LogP contribution is 2.24. The Labute approximate surface area is 159 Å². The van der Waals surface area contributed by atoms with E-state index in [9.17, 15) is 9.59 Å². The summed E-state index contributed by atoms with van der Waals surface area (Å²) < 4.78 is 1.67. The molecule has 0 aliphatic heterocycles. The van der Waals surface area contributed by atoms with Gasteiger partial charge in [0.15, 0.2) is 0 Å². The van der Waals surface area contributed by atoms with Gasteiger partial charge in [0.05, 0.1) is 16.4 Å². The van der Waals surface area contributed by atoms with E-state index in [0.29, 0.717) is 29.4 Å². The number of aryl methyl sites for hydroxylation is 1. The van der Waals surface area contributed by atoms with Crippen LogP contribution in [-0.2, 0) is 11.3 Å². The molecule has 1 heterocycles. The number of carbonyl (C=O) groups excluding carboxylic acids is 2. The largest absolute Gasteiger partial charge is 0.339 e. The lowest BCUT2D eigenvalue weighted by molar-refractivity contribution is -0.116. The smallest absolute Gasteiger partial charge is 0.253 e. The molecule has 0 aliphatic rings. The molecule has 2 rings (SSSR count). The number of halogens is 1. The minimum atomic E-state index is -0.245. The standard InChI is InChI=1S/C19H25ClN4O2/c1-6-23(7-2)19(26)15-8-9-16(20)17(10-15)21-18(25)11-24-14(5)12(3)13(4)22-24/h8-10H,6-7,11H2,1-5H3,(H,21,25). The first-order valence-electron chi connectivity index (χ1n) is 8.67. The molecular formula is C19H25ClN4O2. The Bertz CT molecular complexity index is 825. The van der Waals surface area contributed by atoms with Crippen LogP contribution >= 0.6 is 11.6 Å². The van der Waals surface area contributed by atoms with Crippen LogP contribution in [0.15, 0.2) is 18.2 Å². The van der Waals surface area contributed by atoms with Gasteiger partial charge in [-0.05, 0) is 58.4 Å². The van der Waals surface area contributed by atoms with E-state index in [1.54, 1.807) is 27.8 Å². The van der Waals surface area contributed by atoms with Crippen molar-refractivity contribution in [1.29, 1.82) is 0 Å². The molecule has 0 atom stereocenters. The first-order chi connectivity index (χ1) is 12.3. The third kappa shape index (κ3) is 4.25. The van der Waals surface area contributed by atoms with Crippen molar-refractivity contribution in [2.24, 2.45) is 0 Å². The van der Waals surface area contributed by atoms with Crippen LogP contribution in [-0.4, -0.2) is 39.6 Å². The summed E-state index contributed by atoms with van der Waals surface area (Å²) >= 11 is 6.19. The van der Waals surface area contributed by atoms with Crippen LogP contribution in [0.5, 0.6) is 0 Å². The second-order valence-corrected chi connectivity index (χ2v) is 6.58. The molecular weight excluding hydrogens is 352 g/mol. The third-order valence-corrected chi connectivity index (χ3v) is 4.90. The molecule has 6 nitrogen and oxygen atoms in total. The monoisotopic (exact) mass is 376 g/mol. The SMILES string of the molecule is CCN(CC)C(=O)c1ccc(Cl)c(NC(=O)Cn2nc(C)c(C)c2C)c1. The summed E-state index contributed by atoms with van der Waals surface area (Å²) in [5, 5.41) is 7.54. The van der Waals surface area contributed by atoms with Crippen LogP contribution in [0.1, 0.15) is 41.2 Å². The van der Waals surface area contributed by atoms with E-state index < -0.39 is 0 Å². The maximum absolute atomic E-state index is 12.5. The van der Waals surface area contributed by atoms with E-state index in [1.807, 2.05) is 34.6 Å². The molecule has 26 heavy (non-hydrogen) atoms. The maximum atomic E-state index is 12.5. The first-order valence-corrected chi connectivity index (χ1v) is 9.05. The van der Waals surface area contributed by atoms with Crippen molar-refractivity contribution in [3.05, 3.63) is 45.7 Å². The zero-order valence-electron chi connectivity index (χ0n) is 15.9. The van der Waals surface area contributed by atoms with Crippen LogP contribution in [0.2, 0.25) is 5.02 Å². The summed E-state index contributed by atoms with van der Waals surface area (Å²) in [6.07, 6.45) is 0. The van der Waals surface area contributed by atoms with Gasteiger partial charge in [-0.2, -0.15) is 5.10 Å². The lowest BCUT2D eigenvalue weighted by atomic mass is 10.1. The molecule has 0 radical (unpaired) electrons. The summed E-state index contributed by atoms with van der Waals surface area (Å²) in [7, 11) is 0. The third-order valence-electron chi connectivity index (χ3n) is 4.57. The van der Waals surface area contributed by atoms with E-state index in [0.717, 1.165) is 17.0 Å². The fourth-order valence-corrected chi connectivity index (χ4v) is 2.88. The zero-order valence-corrected chi connectivity index (χ0v) is 16.6. The van der Waals surface area contributed by atoms with Gasteiger partial charge in [0, 0.05) is 24.3 Å². The van der Waals surface area contributed by atoms with E-state index in [1.165, 1.54) is 0 Å². The highest BCUT2D eigenvalue weighted by molar-refractivity contribution is 6.33. The van der Waals surface area contributed by atoms with Crippen molar-refractivity contribution < 1.29 is 9.59 Å². The lowest BCUT2D eigenvalue weighted by Crippen LogP contribution is -2.30. The lowest BCUT2D eigenvalue weighted by Gasteiger charge is -2.19. The molecule has 0 saturated carbocycles. The summed E-state index contributed by atoms with van der Waals surface area (Å²) in [6, 6.07) is 4.91. The number of nitrogens with zero attached hydrogens (tertiary/aromatic N) is 3. The minimum Gasteiger partial charge on any atom is -0.339 e. The summed E-state index contributed by atoms with van der Waals surface area (Å²) in [4.78, 5) is 26.6. The number of carbonyl (C=O) groups is 2. The first kappa shape index (κ1) is 20.0. The Kier molecular flexibility index (Phi) is 6.42. The molecule has 0 bridgehead atoms. The molecule has 1 N–H and O–H groups in total. The fraction of sp³-hybridized carbons (Fsp3) is 0.421. The minimum absolute atomic E-state index is 0.0867. The molecule has 0 fully saturated rings. The van der Waals surface area contributed by atoms with Crippen molar-refractivity contribution in [1.82, 2.24) is 14.7 Å². The highest BCUT2D eigenvalue weighted by atomic mass is 35.5. The van der Waals surface area contributed by atoms with Gasteiger partial charge in [0.2, 0.25) is 5.91 Å². The molecule has 0 saturated heterocycles. The van der Waals surface area contributed by atoms with Crippen LogP contribution in [0.25, 0.3) is 0 Å². The predicted octanol–water partition coefficient (Wildman–Crippen LogP) is 3.58. The van der Waals surface area contributed by atoms with E-state index >= 15 is 0 Å². The zero-order chi connectivity index (χ0) is 19.4. The molecule has 0 spiro atoms. The van der Waals surface area contributed by atoms with Crippen LogP contribution < -0.4 is 5.32 Å². The van der Waals surface area contributed by atoms with Crippen LogP contribution in [0, 0.1) is 20.8 Å². The average molecular weight is 377 g/mol. The second-order valence-electron chi connectivity index (χ2n) is 6.17. The van der Waals surface area contributed by atoms with Gasteiger partial charge in [-0.1, -0.05) is 11.6 Å². The number of anilines is 1. The molecule has 7 heteroatoms. The molecule has 0 aliphatic carbocycles. The number of amides is 2. The highest BCUT2D eigenvalue weighted by Gasteiger charge is 2.16. The van der Waals surface area contributed by atoms with Gasteiger partial charge in [-0.15, -0.1) is 0 Å². The van der Waals surface area contributed by atoms with Gasteiger partial charge in [0.1, 0.15) is 6.54 Å². The normalized spacial score (nSPS) is 10.7. The molecule has 2 amide bonds. The predicted molar refractivity (Wildman–Crippen MR) is 104 cm³/mol. The fourth-order valence-electron chi connectivity index (χ4n) is 2.71. The number of benzene rings is 1. The van der Waals surface area contributed by atoms with E-state index in [2.05, 4.69) is 10.4 Å². The molecule has 0 unspecified atom stereocenters. The molecule has 1 aromatic heterocycles. The van der Waals surface area contributed by atoms with Crippen LogP contribution in [0.3, 0.4) is 0 Å². The quantitative estimate of drug-likeness (QED) is 0.837. The average Bonchev–Trinajstić information content (AvgIpc) is 2.84. The Balaban J connectivity index is 2.18. The topological polar surface area (TPSA) is 67.2 Å². The van der Waals surface area contributed by atoms with Crippen LogP contribution in [0.4, 0.5) is 5.69 Å². The molecule has 1 aromatic carbocycles. The number of aromatic nitrogens is 2. The maximum Gasteiger partial charge on any atom is 0.253 e. The summed E-state index contributed by atoms with van der Waals surface area (Å²) in [5.74, 6) is -0.332. The van der Waals surface area contributed by atoms with Crippen molar-refractivity contribution in [3.8, 4) is 0 Å². The Morgan fingerprint density at radius 2 is 1.85 bits per heavy atom. The van der Waals surface area contributed by atoms with E-state index in [-0.39, 0.29) is 18.4 Å². The Morgan fingerprint density at radius 1 is 1.19 bits per heavy atom. The molecule has 140 valence electrons. The van der Waals surface area contributed by atoms with Crippen molar-refractivity contribution in [3.63, 3.8) is 0 Å². The Morgan fingerprint density at radius 3 is 2.38 bits per heavy atom. The van der Waals surface area contributed by atoms with E-state index in [4.69, 9.17) is 11.6 Å².